The number of nitrogens with one attached hydrogen (secondary N) is 1. The molecule has 0 aliphatic carbocycles. The van der Waals surface area contributed by atoms with Gasteiger partial charge in [0, 0.05) is 12.6 Å². The molecule has 2 saturated heterocycles. The topological polar surface area (TPSA) is 32.3 Å². The van der Waals surface area contributed by atoms with Crippen molar-refractivity contribution in [2.45, 2.75) is 70.9 Å². The van der Waals surface area contributed by atoms with Crippen LogP contribution in [0, 0.1) is 5.92 Å². The predicted octanol–water partition coefficient (Wildman–Crippen LogP) is 2.56. The van der Waals surface area contributed by atoms with E-state index in [0.29, 0.717) is 17.9 Å². The maximum atomic E-state index is 12.7. The van der Waals surface area contributed by atoms with Crippen LogP contribution in [0.25, 0.3) is 0 Å². The van der Waals surface area contributed by atoms with Crippen LogP contribution in [0.4, 0.5) is 0 Å². The molecule has 18 heavy (non-hydrogen) atoms. The number of carbonyl (C=O) groups is 1. The van der Waals surface area contributed by atoms with Crippen molar-refractivity contribution >= 4 is 5.91 Å². The van der Waals surface area contributed by atoms with Gasteiger partial charge in [0.1, 0.15) is 0 Å². The zero-order chi connectivity index (χ0) is 13.0. The van der Waals surface area contributed by atoms with Crippen LogP contribution in [-0.4, -0.2) is 36.0 Å². The fourth-order valence-corrected chi connectivity index (χ4v) is 3.45. The summed E-state index contributed by atoms with van der Waals surface area (Å²) in [5.74, 6) is 0.864. The highest BCUT2D eigenvalue weighted by atomic mass is 16.2. The minimum absolute atomic E-state index is 0.0749. The summed E-state index contributed by atoms with van der Waals surface area (Å²) in [6.07, 6.45) is 8.46. The van der Waals surface area contributed by atoms with E-state index in [0.717, 1.165) is 19.5 Å². The van der Waals surface area contributed by atoms with Crippen molar-refractivity contribution in [3.05, 3.63) is 0 Å². The lowest BCUT2D eigenvalue weighted by Crippen LogP contribution is -2.54. The number of hydrogen-bond donors (Lipinski definition) is 1. The van der Waals surface area contributed by atoms with Gasteiger partial charge in [0.25, 0.3) is 0 Å². The molecule has 3 atom stereocenters. The second-order valence-electron chi connectivity index (χ2n) is 5.99. The Kier molecular flexibility index (Phi) is 5.04. The summed E-state index contributed by atoms with van der Waals surface area (Å²) < 4.78 is 0. The fourth-order valence-electron chi connectivity index (χ4n) is 3.45. The van der Waals surface area contributed by atoms with Gasteiger partial charge in [0.2, 0.25) is 5.91 Å². The van der Waals surface area contributed by atoms with E-state index in [4.69, 9.17) is 0 Å². The van der Waals surface area contributed by atoms with Crippen LogP contribution in [0.2, 0.25) is 0 Å². The van der Waals surface area contributed by atoms with E-state index in [9.17, 15) is 4.79 Å². The third kappa shape index (κ3) is 3.05. The molecule has 0 aromatic rings. The average molecular weight is 252 g/mol. The molecular formula is C15H28N2O. The van der Waals surface area contributed by atoms with Crippen molar-refractivity contribution in [3.8, 4) is 0 Å². The number of nitrogens with zero attached hydrogens (tertiary/aromatic N) is 1. The van der Waals surface area contributed by atoms with Gasteiger partial charge >= 0.3 is 0 Å². The van der Waals surface area contributed by atoms with Gasteiger partial charge in [0.15, 0.2) is 0 Å². The van der Waals surface area contributed by atoms with Crippen LogP contribution < -0.4 is 5.32 Å². The van der Waals surface area contributed by atoms with Gasteiger partial charge in [0.05, 0.1) is 6.04 Å². The van der Waals surface area contributed by atoms with Crippen LogP contribution in [0.1, 0.15) is 58.8 Å². The molecule has 1 N–H and O–H groups in total. The highest BCUT2D eigenvalue weighted by Crippen LogP contribution is 2.23. The van der Waals surface area contributed by atoms with Crippen LogP contribution in [0.3, 0.4) is 0 Å². The Morgan fingerprint density at radius 3 is 2.78 bits per heavy atom. The van der Waals surface area contributed by atoms with Crippen LogP contribution in [-0.2, 0) is 4.79 Å². The summed E-state index contributed by atoms with van der Waals surface area (Å²) in [6, 6.07) is 0.557. The predicted molar refractivity (Wildman–Crippen MR) is 74.4 cm³/mol. The fraction of sp³-hybridized carbons (Fsp3) is 0.933. The molecule has 2 aliphatic heterocycles. The monoisotopic (exact) mass is 252 g/mol. The largest absolute Gasteiger partial charge is 0.338 e. The van der Waals surface area contributed by atoms with Crippen molar-refractivity contribution in [2.75, 3.05) is 13.1 Å². The molecule has 0 aromatic carbocycles. The van der Waals surface area contributed by atoms with E-state index in [-0.39, 0.29) is 6.04 Å². The lowest BCUT2D eigenvalue weighted by molar-refractivity contribution is -0.137. The van der Waals surface area contributed by atoms with Gasteiger partial charge in [-0.15, -0.1) is 0 Å². The van der Waals surface area contributed by atoms with Crippen LogP contribution in [0.15, 0.2) is 0 Å². The normalized spacial score (nSPS) is 34.1. The van der Waals surface area contributed by atoms with Gasteiger partial charge in [-0.2, -0.15) is 0 Å². The van der Waals surface area contributed by atoms with E-state index in [1.54, 1.807) is 0 Å². The lowest BCUT2D eigenvalue weighted by Gasteiger charge is -2.37. The number of likely N-dealkylation sites (tertiary alicyclic amines) is 1. The molecule has 104 valence electrons. The maximum Gasteiger partial charge on any atom is 0.240 e. The van der Waals surface area contributed by atoms with Crippen molar-refractivity contribution < 1.29 is 4.79 Å². The molecule has 3 nitrogen and oxygen atoms in total. The molecule has 1 amide bonds. The minimum Gasteiger partial charge on any atom is -0.338 e. The van der Waals surface area contributed by atoms with Gasteiger partial charge in [-0.3, -0.25) is 4.79 Å². The number of rotatable bonds is 2. The summed E-state index contributed by atoms with van der Waals surface area (Å²) >= 11 is 0. The van der Waals surface area contributed by atoms with E-state index >= 15 is 0 Å². The first kappa shape index (κ1) is 13.9. The van der Waals surface area contributed by atoms with Gasteiger partial charge < -0.3 is 10.2 Å². The summed E-state index contributed by atoms with van der Waals surface area (Å²) in [5, 5.41) is 3.44. The second-order valence-corrected chi connectivity index (χ2v) is 5.99. The van der Waals surface area contributed by atoms with Gasteiger partial charge in [-0.25, -0.2) is 0 Å². The summed E-state index contributed by atoms with van der Waals surface area (Å²) in [5.41, 5.74) is 0. The zero-order valence-electron chi connectivity index (χ0n) is 12.0. The van der Waals surface area contributed by atoms with E-state index < -0.39 is 0 Å². The molecule has 3 unspecified atom stereocenters. The molecule has 2 rings (SSSR count). The maximum absolute atomic E-state index is 12.7. The highest BCUT2D eigenvalue weighted by Gasteiger charge is 2.33. The molecule has 0 aromatic heterocycles. The Labute approximate surface area is 111 Å². The molecule has 2 fully saturated rings. The SMILES string of the molecule is CCC1CCCCCN1C(=O)C1NCCCC1C. The number of piperidine rings is 1. The first-order valence-electron chi connectivity index (χ1n) is 7.78. The first-order valence-corrected chi connectivity index (χ1v) is 7.78. The Balaban J connectivity index is 2.04. The van der Waals surface area contributed by atoms with Crippen molar-refractivity contribution in [1.82, 2.24) is 10.2 Å². The molecule has 0 bridgehead atoms. The Morgan fingerprint density at radius 2 is 2.06 bits per heavy atom. The number of carbonyl (C=O) groups excluding carboxylic acids is 1. The molecule has 3 heteroatoms. The van der Waals surface area contributed by atoms with E-state index in [1.165, 1.54) is 38.5 Å². The summed E-state index contributed by atoms with van der Waals surface area (Å²) in [4.78, 5) is 14.9. The Bertz CT molecular complexity index is 280. The standard InChI is InChI=1S/C15H28N2O/c1-3-13-9-5-4-6-11-17(13)15(18)14-12(2)8-7-10-16-14/h12-14,16H,3-11H2,1-2H3. The Morgan fingerprint density at radius 1 is 1.22 bits per heavy atom. The quantitative estimate of drug-likeness (QED) is 0.819. The minimum atomic E-state index is 0.0749. The zero-order valence-corrected chi connectivity index (χ0v) is 12.0. The smallest absolute Gasteiger partial charge is 0.240 e. The molecule has 0 saturated carbocycles. The average Bonchev–Trinajstić information content (AvgIpc) is 2.63. The Hall–Kier alpha value is -0.570. The van der Waals surface area contributed by atoms with Crippen molar-refractivity contribution in [1.29, 1.82) is 0 Å². The lowest BCUT2D eigenvalue weighted by atomic mass is 9.91. The van der Waals surface area contributed by atoms with E-state index in [1.807, 2.05) is 0 Å². The third-order valence-electron chi connectivity index (χ3n) is 4.67. The van der Waals surface area contributed by atoms with Crippen LogP contribution >= 0.6 is 0 Å². The second kappa shape index (κ2) is 6.55. The third-order valence-corrected chi connectivity index (χ3v) is 4.67. The van der Waals surface area contributed by atoms with Gasteiger partial charge in [-0.05, 0) is 44.6 Å². The summed E-state index contributed by atoms with van der Waals surface area (Å²) in [7, 11) is 0. The molecule has 0 spiro atoms. The first-order chi connectivity index (χ1) is 8.74. The highest BCUT2D eigenvalue weighted by molar-refractivity contribution is 5.82. The summed E-state index contributed by atoms with van der Waals surface area (Å²) in [6.45, 7) is 6.41. The molecule has 0 radical (unpaired) electrons. The molecule has 2 aliphatic rings. The van der Waals surface area contributed by atoms with Gasteiger partial charge in [-0.1, -0.05) is 26.7 Å². The molecular weight excluding hydrogens is 224 g/mol. The van der Waals surface area contributed by atoms with Crippen molar-refractivity contribution in [3.63, 3.8) is 0 Å². The number of amides is 1. The molecule has 2 heterocycles. The van der Waals surface area contributed by atoms with Crippen molar-refractivity contribution in [2.24, 2.45) is 5.92 Å². The van der Waals surface area contributed by atoms with E-state index in [2.05, 4.69) is 24.1 Å². The number of hydrogen-bond acceptors (Lipinski definition) is 2. The van der Waals surface area contributed by atoms with Crippen LogP contribution in [0.5, 0.6) is 0 Å².